The highest BCUT2D eigenvalue weighted by Crippen LogP contribution is 2.39. The Balaban J connectivity index is 2.61. The van der Waals surface area contributed by atoms with Gasteiger partial charge in [-0.2, -0.15) is 0 Å². The second-order valence-electron chi connectivity index (χ2n) is 14.6. The van der Waals surface area contributed by atoms with Gasteiger partial charge in [0.25, 0.3) is 0 Å². The average Bonchev–Trinajstić information content (AvgIpc) is 3.12. The van der Waals surface area contributed by atoms with Crippen LogP contribution in [0, 0.1) is 35.5 Å². The Hall–Kier alpha value is -3.44. The number of hydrogen-bond acceptors (Lipinski definition) is 10. The van der Waals surface area contributed by atoms with Crippen molar-refractivity contribution in [2.24, 2.45) is 35.5 Å². The summed E-state index contributed by atoms with van der Waals surface area (Å²) in [5, 5.41) is 19.6. The van der Waals surface area contributed by atoms with Crippen LogP contribution in [-0.4, -0.2) is 72.5 Å². The summed E-state index contributed by atoms with van der Waals surface area (Å²) >= 11 is 0. The van der Waals surface area contributed by atoms with Crippen molar-refractivity contribution >= 4 is 35.8 Å². The molecule has 0 aromatic heterocycles. The smallest absolute Gasteiger partial charge is 0.311 e. The molecule has 6 atom stereocenters. The van der Waals surface area contributed by atoms with Gasteiger partial charge in [0.05, 0.1) is 50.6 Å². The van der Waals surface area contributed by atoms with Crippen LogP contribution in [0.4, 0.5) is 0 Å². The van der Waals surface area contributed by atoms with Crippen molar-refractivity contribution in [2.75, 3.05) is 26.4 Å². The van der Waals surface area contributed by atoms with Crippen LogP contribution in [-0.2, 0) is 47.7 Å². The molecular weight excluding hydrogens is 684 g/mol. The fourth-order valence-corrected chi connectivity index (χ4v) is 6.75. The summed E-state index contributed by atoms with van der Waals surface area (Å²) in [4.78, 5) is 74.6. The van der Waals surface area contributed by atoms with E-state index in [1.54, 1.807) is 13.0 Å². The van der Waals surface area contributed by atoms with Crippen molar-refractivity contribution in [3.05, 3.63) is 11.6 Å². The molecule has 0 heterocycles. The zero-order valence-electron chi connectivity index (χ0n) is 33.1. The van der Waals surface area contributed by atoms with Crippen LogP contribution in [0.15, 0.2) is 11.6 Å². The summed E-state index contributed by atoms with van der Waals surface area (Å²) in [5.74, 6) is -7.79. The number of carboxylic acid groups (broad SMARTS) is 2. The van der Waals surface area contributed by atoms with Crippen molar-refractivity contribution < 1.29 is 57.9 Å². The number of rotatable bonds is 30. The summed E-state index contributed by atoms with van der Waals surface area (Å²) in [6.07, 6.45) is 13.2. The van der Waals surface area contributed by atoms with E-state index in [9.17, 15) is 39.0 Å². The number of allylic oxidation sites excluding steroid dienone is 1. The SMILES string of the molecule is CCCCC(CC)COC(=O)CCCCCOC(=O)C(CC(=O)O)C1C=C(C)C(C(=O)O)C(C(=O)OCCCCCC(=O)OCC(CC)CCCC)C1. The van der Waals surface area contributed by atoms with Crippen molar-refractivity contribution in [3.8, 4) is 0 Å². The highest BCUT2D eigenvalue weighted by Gasteiger charge is 2.44. The van der Waals surface area contributed by atoms with Gasteiger partial charge in [-0.3, -0.25) is 28.8 Å². The molecule has 1 rings (SSSR count). The summed E-state index contributed by atoms with van der Waals surface area (Å²) in [6, 6.07) is 0. The number of aliphatic carboxylic acids is 2. The van der Waals surface area contributed by atoms with Crippen LogP contribution in [0.5, 0.6) is 0 Å². The third-order valence-electron chi connectivity index (χ3n) is 10.3. The third kappa shape index (κ3) is 20.0. The van der Waals surface area contributed by atoms with E-state index in [0.717, 1.165) is 51.4 Å². The summed E-state index contributed by atoms with van der Waals surface area (Å²) in [7, 11) is 0. The Morgan fingerprint density at radius 3 is 1.66 bits per heavy atom. The van der Waals surface area contributed by atoms with Gasteiger partial charge in [-0.25, -0.2) is 0 Å². The molecule has 12 heteroatoms. The normalized spacial score (nSPS) is 18.6. The van der Waals surface area contributed by atoms with Gasteiger partial charge in [-0.1, -0.05) is 77.9 Å². The summed E-state index contributed by atoms with van der Waals surface area (Å²) in [5.41, 5.74) is 0.347. The van der Waals surface area contributed by atoms with Crippen LogP contribution in [0.3, 0.4) is 0 Å². The average molecular weight is 753 g/mol. The molecule has 0 saturated heterocycles. The first-order valence-electron chi connectivity index (χ1n) is 20.1. The predicted molar refractivity (Wildman–Crippen MR) is 200 cm³/mol. The molecule has 0 radical (unpaired) electrons. The number of esters is 4. The van der Waals surface area contributed by atoms with E-state index >= 15 is 0 Å². The maximum absolute atomic E-state index is 13.2. The Morgan fingerprint density at radius 2 is 1.21 bits per heavy atom. The molecule has 0 aromatic rings. The zero-order chi connectivity index (χ0) is 39.6. The number of carbonyl (C=O) groups excluding carboxylic acids is 4. The first-order valence-corrected chi connectivity index (χ1v) is 20.1. The van der Waals surface area contributed by atoms with E-state index in [1.165, 1.54) is 0 Å². The molecule has 2 N–H and O–H groups in total. The predicted octanol–water partition coefficient (Wildman–Crippen LogP) is 8.09. The lowest BCUT2D eigenvalue weighted by Crippen LogP contribution is -2.40. The minimum absolute atomic E-state index is 0.0352. The second-order valence-corrected chi connectivity index (χ2v) is 14.6. The van der Waals surface area contributed by atoms with E-state index in [2.05, 4.69) is 27.7 Å². The molecule has 12 nitrogen and oxygen atoms in total. The maximum Gasteiger partial charge on any atom is 0.311 e. The van der Waals surface area contributed by atoms with Gasteiger partial charge < -0.3 is 29.2 Å². The Kier molecular flexibility index (Phi) is 25.2. The monoisotopic (exact) mass is 752 g/mol. The molecule has 0 amide bonds. The molecule has 0 aromatic carbocycles. The van der Waals surface area contributed by atoms with Gasteiger partial charge in [0.2, 0.25) is 0 Å². The standard InChI is InChI=1S/C41H68O12/c1-6-10-18-30(8-3)27-52-36(44)20-14-12-16-22-50-40(48)33(26-35(42)43)32-24-29(5)38(39(46)47)34(25-32)41(49)51-23-17-13-15-21-37(45)53-28-31(9-4)19-11-7-2/h24,30-34,38H,6-23,25-28H2,1-5H3,(H,42,43)(H,46,47). The summed E-state index contributed by atoms with van der Waals surface area (Å²) < 4.78 is 21.8. The van der Waals surface area contributed by atoms with Gasteiger partial charge >= 0.3 is 35.8 Å². The molecule has 1 aliphatic carbocycles. The van der Waals surface area contributed by atoms with Crippen LogP contribution in [0.2, 0.25) is 0 Å². The molecule has 53 heavy (non-hydrogen) atoms. The lowest BCUT2D eigenvalue weighted by molar-refractivity contribution is -0.160. The van der Waals surface area contributed by atoms with Gasteiger partial charge in [-0.15, -0.1) is 0 Å². The molecule has 0 bridgehead atoms. The molecule has 1 aliphatic rings. The van der Waals surface area contributed by atoms with Gasteiger partial charge in [0, 0.05) is 12.8 Å². The molecule has 0 aliphatic heterocycles. The first-order chi connectivity index (χ1) is 25.4. The van der Waals surface area contributed by atoms with Crippen LogP contribution in [0.25, 0.3) is 0 Å². The van der Waals surface area contributed by atoms with E-state index in [4.69, 9.17) is 18.9 Å². The number of carbonyl (C=O) groups is 6. The fourth-order valence-electron chi connectivity index (χ4n) is 6.75. The Labute approximate surface area is 317 Å². The first kappa shape index (κ1) is 47.6. The molecule has 6 unspecified atom stereocenters. The van der Waals surface area contributed by atoms with Crippen LogP contribution in [0.1, 0.15) is 150 Å². The quantitative estimate of drug-likeness (QED) is 0.0312. The summed E-state index contributed by atoms with van der Waals surface area (Å²) in [6.45, 7) is 10.9. The topological polar surface area (TPSA) is 180 Å². The van der Waals surface area contributed by atoms with Crippen LogP contribution >= 0.6 is 0 Å². The van der Waals surface area contributed by atoms with Crippen molar-refractivity contribution in [1.29, 1.82) is 0 Å². The Morgan fingerprint density at radius 1 is 0.698 bits per heavy atom. The molecule has 304 valence electrons. The van der Waals surface area contributed by atoms with Gasteiger partial charge in [0.15, 0.2) is 0 Å². The number of unbranched alkanes of at least 4 members (excludes halogenated alkanes) is 6. The van der Waals surface area contributed by atoms with E-state index < -0.39 is 54.0 Å². The highest BCUT2D eigenvalue weighted by atomic mass is 16.5. The minimum atomic E-state index is -1.22. The van der Waals surface area contributed by atoms with Crippen molar-refractivity contribution in [2.45, 2.75) is 150 Å². The molecule has 0 saturated carbocycles. The van der Waals surface area contributed by atoms with Crippen molar-refractivity contribution in [3.63, 3.8) is 0 Å². The maximum atomic E-state index is 13.2. The number of ether oxygens (including phenoxy) is 4. The van der Waals surface area contributed by atoms with Gasteiger partial charge in [-0.05, 0) is 82.5 Å². The Bertz CT molecular complexity index is 1150. The lowest BCUT2D eigenvalue weighted by Gasteiger charge is -2.34. The number of carboxylic acids is 2. The molecule has 0 fully saturated rings. The third-order valence-corrected chi connectivity index (χ3v) is 10.3. The van der Waals surface area contributed by atoms with E-state index in [-0.39, 0.29) is 44.4 Å². The van der Waals surface area contributed by atoms with E-state index in [0.29, 0.717) is 69.1 Å². The second kappa shape index (κ2) is 28.1. The fraction of sp³-hybridized carbons (Fsp3) is 0.805. The van der Waals surface area contributed by atoms with Gasteiger partial charge in [0.1, 0.15) is 0 Å². The molecular formula is C41H68O12. The highest BCUT2D eigenvalue weighted by molar-refractivity contribution is 5.85. The van der Waals surface area contributed by atoms with E-state index in [1.807, 2.05) is 0 Å². The largest absolute Gasteiger partial charge is 0.481 e. The zero-order valence-corrected chi connectivity index (χ0v) is 33.1. The minimum Gasteiger partial charge on any atom is -0.481 e. The molecule has 0 spiro atoms. The lowest BCUT2D eigenvalue weighted by atomic mass is 9.70. The van der Waals surface area contributed by atoms with Crippen LogP contribution < -0.4 is 0 Å². The number of hydrogen-bond donors (Lipinski definition) is 2. The van der Waals surface area contributed by atoms with Crippen molar-refractivity contribution in [1.82, 2.24) is 0 Å².